The molecule has 3 heteroatoms. The Balaban J connectivity index is 2.10. The fourth-order valence-corrected chi connectivity index (χ4v) is 1.64. The highest BCUT2D eigenvalue weighted by molar-refractivity contribution is 4.89. The number of nitrogens with two attached hydrogens (primary N) is 1. The van der Waals surface area contributed by atoms with Gasteiger partial charge < -0.3 is 11.1 Å². The SMILES string of the molecule is CC(C)(C)NC1CN(CCN)C1. The normalized spacial score (nSPS) is 21.0. The molecule has 0 aromatic rings. The van der Waals surface area contributed by atoms with Gasteiger partial charge in [-0.3, -0.25) is 4.90 Å². The Morgan fingerprint density at radius 2 is 2.00 bits per heavy atom. The summed E-state index contributed by atoms with van der Waals surface area (Å²) in [5.74, 6) is 0. The van der Waals surface area contributed by atoms with Gasteiger partial charge >= 0.3 is 0 Å². The van der Waals surface area contributed by atoms with Gasteiger partial charge in [-0.15, -0.1) is 0 Å². The molecule has 0 spiro atoms. The fourth-order valence-electron chi connectivity index (χ4n) is 1.64. The maximum Gasteiger partial charge on any atom is 0.0327 e. The number of likely N-dealkylation sites (tertiary alicyclic amines) is 1. The first kappa shape index (κ1) is 9.96. The van der Waals surface area contributed by atoms with E-state index in [0.717, 1.165) is 26.2 Å². The first-order valence-corrected chi connectivity index (χ1v) is 4.71. The molecule has 0 unspecified atom stereocenters. The van der Waals surface area contributed by atoms with Crippen molar-refractivity contribution in [3.8, 4) is 0 Å². The first-order chi connectivity index (χ1) is 5.51. The lowest BCUT2D eigenvalue weighted by Crippen LogP contribution is -2.62. The summed E-state index contributed by atoms with van der Waals surface area (Å²) in [5.41, 5.74) is 5.70. The van der Waals surface area contributed by atoms with Crippen LogP contribution in [0.25, 0.3) is 0 Å². The smallest absolute Gasteiger partial charge is 0.0327 e. The Morgan fingerprint density at radius 3 is 2.42 bits per heavy atom. The van der Waals surface area contributed by atoms with E-state index in [4.69, 9.17) is 5.73 Å². The molecule has 12 heavy (non-hydrogen) atoms. The van der Waals surface area contributed by atoms with Crippen molar-refractivity contribution >= 4 is 0 Å². The molecular formula is C9H21N3. The highest BCUT2D eigenvalue weighted by Gasteiger charge is 2.28. The van der Waals surface area contributed by atoms with Crippen LogP contribution in [0.15, 0.2) is 0 Å². The van der Waals surface area contributed by atoms with Gasteiger partial charge in [0.25, 0.3) is 0 Å². The van der Waals surface area contributed by atoms with Gasteiger partial charge in [0, 0.05) is 37.8 Å². The van der Waals surface area contributed by atoms with Gasteiger partial charge in [-0.05, 0) is 20.8 Å². The number of rotatable bonds is 3. The van der Waals surface area contributed by atoms with Crippen LogP contribution in [0.2, 0.25) is 0 Å². The van der Waals surface area contributed by atoms with E-state index in [1.54, 1.807) is 0 Å². The standard InChI is InChI=1S/C9H21N3/c1-9(2,3)11-8-6-12(7-8)5-4-10/h8,11H,4-7,10H2,1-3H3. The van der Waals surface area contributed by atoms with Crippen LogP contribution in [0.1, 0.15) is 20.8 Å². The molecule has 0 atom stereocenters. The van der Waals surface area contributed by atoms with E-state index in [1.807, 2.05) is 0 Å². The average Bonchev–Trinajstić information content (AvgIpc) is 1.80. The molecule has 72 valence electrons. The second-order valence-corrected chi connectivity index (χ2v) is 4.64. The van der Waals surface area contributed by atoms with E-state index in [9.17, 15) is 0 Å². The van der Waals surface area contributed by atoms with Crippen molar-refractivity contribution in [2.45, 2.75) is 32.4 Å². The van der Waals surface area contributed by atoms with Crippen molar-refractivity contribution in [1.82, 2.24) is 10.2 Å². The Labute approximate surface area is 75.3 Å². The zero-order valence-corrected chi connectivity index (χ0v) is 8.43. The molecule has 0 saturated carbocycles. The van der Waals surface area contributed by atoms with Crippen LogP contribution in [-0.2, 0) is 0 Å². The first-order valence-electron chi connectivity index (χ1n) is 4.71. The van der Waals surface area contributed by atoms with Gasteiger partial charge in [0.1, 0.15) is 0 Å². The number of nitrogens with zero attached hydrogens (tertiary/aromatic N) is 1. The van der Waals surface area contributed by atoms with Gasteiger partial charge in [0.2, 0.25) is 0 Å². The molecule has 1 aliphatic heterocycles. The van der Waals surface area contributed by atoms with E-state index in [2.05, 4.69) is 31.0 Å². The topological polar surface area (TPSA) is 41.3 Å². The predicted octanol–water partition coefficient (Wildman–Crippen LogP) is 0.0174. The Kier molecular flexibility index (Phi) is 3.09. The van der Waals surface area contributed by atoms with E-state index in [1.165, 1.54) is 0 Å². The highest BCUT2D eigenvalue weighted by atomic mass is 15.3. The second kappa shape index (κ2) is 3.73. The van der Waals surface area contributed by atoms with Gasteiger partial charge in [-0.2, -0.15) is 0 Å². The van der Waals surface area contributed by atoms with Crippen molar-refractivity contribution in [1.29, 1.82) is 0 Å². The quantitative estimate of drug-likeness (QED) is 0.629. The van der Waals surface area contributed by atoms with Crippen LogP contribution in [0.5, 0.6) is 0 Å². The molecule has 3 nitrogen and oxygen atoms in total. The van der Waals surface area contributed by atoms with Gasteiger partial charge in [-0.25, -0.2) is 0 Å². The minimum absolute atomic E-state index is 0.249. The third kappa shape index (κ3) is 3.09. The molecule has 3 N–H and O–H groups in total. The van der Waals surface area contributed by atoms with Crippen LogP contribution in [0, 0.1) is 0 Å². The summed E-state index contributed by atoms with van der Waals surface area (Å²) < 4.78 is 0. The average molecular weight is 171 g/mol. The Hall–Kier alpha value is -0.120. The van der Waals surface area contributed by atoms with Crippen molar-refractivity contribution in [2.24, 2.45) is 5.73 Å². The van der Waals surface area contributed by atoms with Crippen LogP contribution in [0.4, 0.5) is 0 Å². The van der Waals surface area contributed by atoms with Crippen molar-refractivity contribution in [2.75, 3.05) is 26.2 Å². The maximum absolute atomic E-state index is 5.45. The molecule has 0 radical (unpaired) electrons. The third-order valence-electron chi connectivity index (χ3n) is 2.04. The summed E-state index contributed by atoms with van der Waals surface area (Å²) in [7, 11) is 0. The highest BCUT2D eigenvalue weighted by Crippen LogP contribution is 2.10. The van der Waals surface area contributed by atoms with Crippen LogP contribution in [-0.4, -0.2) is 42.7 Å². The molecule has 0 aromatic carbocycles. The summed E-state index contributed by atoms with van der Waals surface area (Å²) in [5, 5.41) is 3.56. The van der Waals surface area contributed by atoms with E-state index in [-0.39, 0.29) is 5.54 Å². The molecule has 1 aliphatic rings. The minimum Gasteiger partial charge on any atom is -0.329 e. The molecule has 1 fully saturated rings. The van der Waals surface area contributed by atoms with Crippen molar-refractivity contribution in [3.63, 3.8) is 0 Å². The molecule has 0 amide bonds. The number of nitrogens with one attached hydrogen (secondary N) is 1. The van der Waals surface area contributed by atoms with Crippen molar-refractivity contribution < 1.29 is 0 Å². The summed E-state index contributed by atoms with van der Waals surface area (Å²) in [6.45, 7) is 10.8. The summed E-state index contributed by atoms with van der Waals surface area (Å²) in [4.78, 5) is 2.38. The number of hydrogen-bond acceptors (Lipinski definition) is 3. The van der Waals surface area contributed by atoms with E-state index in [0.29, 0.717) is 6.04 Å². The van der Waals surface area contributed by atoms with Gasteiger partial charge in [-0.1, -0.05) is 0 Å². The molecule has 1 heterocycles. The Bertz CT molecular complexity index is 133. The van der Waals surface area contributed by atoms with Crippen molar-refractivity contribution in [3.05, 3.63) is 0 Å². The monoisotopic (exact) mass is 171 g/mol. The Morgan fingerprint density at radius 1 is 1.42 bits per heavy atom. The largest absolute Gasteiger partial charge is 0.329 e. The molecule has 1 rings (SSSR count). The lowest BCUT2D eigenvalue weighted by Gasteiger charge is -2.42. The fraction of sp³-hybridized carbons (Fsp3) is 1.00. The van der Waals surface area contributed by atoms with Gasteiger partial charge in [0.05, 0.1) is 0 Å². The van der Waals surface area contributed by atoms with Gasteiger partial charge in [0.15, 0.2) is 0 Å². The summed E-state index contributed by atoms with van der Waals surface area (Å²) >= 11 is 0. The zero-order valence-electron chi connectivity index (χ0n) is 8.43. The lowest BCUT2D eigenvalue weighted by atomic mass is 10.0. The lowest BCUT2D eigenvalue weighted by molar-refractivity contribution is 0.111. The van der Waals surface area contributed by atoms with Crippen LogP contribution >= 0.6 is 0 Å². The third-order valence-corrected chi connectivity index (χ3v) is 2.04. The molecule has 0 aromatic heterocycles. The maximum atomic E-state index is 5.45. The molecular weight excluding hydrogens is 150 g/mol. The minimum atomic E-state index is 0.249. The zero-order chi connectivity index (χ0) is 9.19. The summed E-state index contributed by atoms with van der Waals surface area (Å²) in [6, 6.07) is 0.677. The van der Waals surface area contributed by atoms with Crippen LogP contribution < -0.4 is 11.1 Å². The molecule has 0 aliphatic carbocycles. The molecule has 1 saturated heterocycles. The second-order valence-electron chi connectivity index (χ2n) is 4.64. The summed E-state index contributed by atoms with van der Waals surface area (Å²) in [6.07, 6.45) is 0. The van der Waals surface area contributed by atoms with Crippen LogP contribution in [0.3, 0.4) is 0 Å². The molecule has 0 bridgehead atoms. The predicted molar refractivity (Wildman–Crippen MR) is 52.2 cm³/mol. The van der Waals surface area contributed by atoms with E-state index < -0.39 is 0 Å². The number of hydrogen-bond donors (Lipinski definition) is 2. The van der Waals surface area contributed by atoms with E-state index >= 15 is 0 Å².